The van der Waals surface area contributed by atoms with Crippen molar-refractivity contribution >= 4 is 11.6 Å². The fourth-order valence-electron chi connectivity index (χ4n) is 1.91. The van der Waals surface area contributed by atoms with Crippen LogP contribution in [0.15, 0.2) is 34.7 Å². The lowest BCUT2D eigenvalue weighted by Crippen LogP contribution is -2.23. The molecule has 1 aromatic heterocycles. The summed E-state index contributed by atoms with van der Waals surface area (Å²) in [6.45, 7) is 4.27. The first kappa shape index (κ1) is 13.2. The predicted octanol–water partition coefficient (Wildman–Crippen LogP) is 2.87. The fraction of sp³-hybridized carbons (Fsp3) is 0.267. The summed E-state index contributed by atoms with van der Waals surface area (Å²) in [5.74, 6) is 1.48. The Bertz CT molecular complexity index is 588. The minimum absolute atomic E-state index is 0.113. The summed E-state index contributed by atoms with van der Waals surface area (Å²) in [6, 6.07) is 9.44. The van der Waals surface area contributed by atoms with E-state index in [1.165, 1.54) is 0 Å². The maximum atomic E-state index is 12.1. The van der Waals surface area contributed by atoms with Crippen molar-refractivity contribution in [3.63, 3.8) is 0 Å². The van der Waals surface area contributed by atoms with E-state index in [4.69, 9.17) is 4.42 Å². The third-order valence-electron chi connectivity index (χ3n) is 2.91. The molecule has 0 aliphatic carbocycles. The minimum Gasteiger partial charge on any atom is -0.465 e. The highest BCUT2D eigenvalue weighted by Crippen LogP contribution is 2.17. The van der Waals surface area contributed by atoms with Crippen molar-refractivity contribution in [2.75, 3.05) is 12.4 Å². The molecule has 2 rings (SSSR count). The number of benzene rings is 1. The SMILES string of the molecule is CNc1cc(C)ccc1C(=O)NCc1ccc(C)o1. The van der Waals surface area contributed by atoms with E-state index in [1.54, 1.807) is 7.05 Å². The molecule has 0 aliphatic rings. The molecule has 4 heteroatoms. The number of carbonyl (C=O) groups excluding carboxylic acids is 1. The lowest BCUT2D eigenvalue weighted by Gasteiger charge is -2.10. The second-order valence-corrected chi connectivity index (χ2v) is 4.49. The largest absolute Gasteiger partial charge is 0.465 e. The van der Waals surface area contributed by atoms with E-state index >= 15 is 0 Å². The first-order valence-electron chi connectivity index (χ1n) is 6.22. The maximum absolute atomic E-state index is 12.1. The number of hydrogen-bond donors (Lipinski definition) is 2. The second kappa shape index (κ2) is 5.61. The van der Waals surface area contributed by atoms with Gasteiger partial charge in [-0.15, -0.1) is 0 Å². The van der Waals surface area contributed by atoms with Crippen LogP contribution >= 0.6 is 0 Å². The first-order valence-corrected chi connectivity index (χ1v) is 6.22. The molecule has 0 bridgehead atoms. The molecule has 1 amide bonds. The summed E-state index contributed by atoms with van der Waals surface area (Å²) in [5, 5.41) is 5.89. The summed E-state index contributed by atoms with van der Waals surface area (Å²) < 4.78 is 5.42. The molecule has 1 heterocycles. The molecule has 2 aromatic rings. The van der Waals surface area contributed by atoms with Crippen LogP contribution in [0, 0.1) is 13.8 Å². The molecule has 0 saturated carbocycles. The zero-order valence-corrected chi connectivity index (χ0v) is 11.4. The molecule has 0 saturated heterocycles. The Morgan fingerprint density at radius 3 is 2.63 bits per heavy atom. The van der Waals surface area contributed by atoms with Gasteiger partial charge in [0.25, 0.3) is 5.91 Å². The zero-order chi connectivity index (χ0) is 13.8. The van der Waals surface area contributed by atoms with Crippen molar-refractivity contribution in [2.45, 2.75) is 20.4 Å². The van der Waals surface area contributed by atoms with Crippen LogP contribution in [0.4, 0.5) is 5.69 Å². The van der Waals surface area contributed by atoms with Gasteiger partial charge in [0.1, 0.15) is 11.5 Å². The molecule has 19 heavy (non-hydrogen) atoms. The zero-order valence-electron chi connectivity index (χ0n) is 11.4. The Kier molecular flexibility index (Phi) is 3.90. The van der Waals surface area contributed by atoms with Crippen molar-refractivity contribution in [2.24, 2.45) is 0 Å². The average Bonchev–Trinajstić information content (AvgIpc) is 2.81. The van der Waals surface area contributed by atoms with Gasteiger partial charge in [-0.3, -0.25) is 4.79 Å². The van der Waals surface area contributed by atoms with Crippen molar-refractivity contribution in [1.82, 2.24) is 5.32 Å². The lowest BCUT2D eigenvalue weighted by molar-refractivity contribution is 0.0948. The molecular formula is C15H18N2O2. The smallest absolute Gasteiger partial charge is 0.253 e. The average molecular weight is 258 g/mol. The van der Waals surface area contributed by atoms with Gasteiger partial charge in [-0.2, -0.15) is 0 Å². The highest BCUT2D eigenvalue weighted by atomic mass is 16.3. The van der Waals surface area contributed by atoms with Crippen LogP contribution < -0.4 is 10.6 Å². The molecule has 0 aliphatic heterocycles. The molecule has 0 spiro atoms. The van der Waals surface area contributed by atoms with Gasteiger partial charge in [0, 0.05) is 12.7 Å². The summed E-state index contributed by atoms with van der Waals surface area (Å²) in [4.78, 5) is 12.1. The number of anilines is 1. The van der Waals surface area contributed by atoms with Gasteiger partial charge in [-0.05, 0) is 43.7 Å². The third kappa shape index (κ3) is 3.16. The monoisotopic (exact) mass is 258 g/mol. The Morgan fingerprint density at radius 1 is 1.21 bits per heavy atom. The Morgan fingerprint density at radius 2 is 2.00 bits per heavy atom. The molecule has 4 nitrogen and oxygen atoms in total. The van der Waals surface area contributed by atoms with Crippen LogP contribution in [-0.2, 0) is 6.54 Å². The molecule has 100 valence electrons. The van der Waals surface area contributed by atoms with Crippen molar-refractivity contribution in [1.29, 1.82) is 0 Å². The summed E-state index contributed by atoms with van der Waals surface area (Å²) in [6.07, 6.45) is 0. The van der Waals surface area contributed by atoms with E-state index < -0.39 is 0 Å². The number of nitrogens with one attached hydrogen (secondary N) is 2. The topological polar surface area (TPSA) is 54.3 Å². The maximum Gasteiger partial charge on any atom is 0.253 e. The van der Waals surface area contributed by atoms with Crippen molar-refractivity contribution in [3.8, 4) is 0 Å². The Balaban J connectivity index is 2.07. The van der Waals surface area contributed by atoms with E-state index in [2.05, 4.69) is 10.6 Å². The highest BCUT2D eigenvalue weighted by Gasteiger charge is 2.11. The molecule has 0 fully saturated rings. The predicted molar refractivity (Wildman–Crippen MR) is 75.3 cm³/mol. The number of furan rings is 1. The van der Waals surface area contributed by atoms with Crippen LogP contribution in [0.25, 0.3) is 0 Å². The molecular weight excluding hydrogens is 240 g/mol. The summed E-state index contributed by atoms with van der Waals surface area (Å²) in [7, 11) is 1.81. The molecule has 0 radical (unpaired) electrons. The fourth-order valence-corrected chi connectivity index (χ4v) is 1.91. The van der Waals surface area contributed by atoms with E-state index in [-0.39, 0.29) is 5.91 Å². The summed E-state index contributed by atoms with van der Waals surface area (Å²) in [5.41, 5.74) is 2.58. The molecule has 0 unspecified atom stereocenters. The molecule has 0 atom stereocenters. The van der Waals surface area contributed by atoms with Gasteiger partial charge >= 0.3 is 0 Å². The molecule has 1 aromatic carbocycles. The number of aryl methyl sites for hydroxylation is 2. The van der Waals surface area contributed by atoms with Gasteiger partial charge in [0.05, 0.1) is 12.1 Å². The quantitative estimate of drug-likeness (QED) is 0.886. The van der Waals surface area contributed by atoms with Crippen molar-refractivity contribution in [3.05, 3.63) is 53.0 Å². The number of carbonyl (C=O) groups is 1. The number of amides is 1. The van der Waals surface area contributed by atoms with Gasteiger partial charge in [0.2, 0.25) is 0 Å². The third-order valence-corrected chi connectivity index (χ3v) is 2.91. The van der Waals surface area contributed by atoms with Crippen LogP contribution in [0.1, 0.15) is 27.4 Å². The number of rotatable bonds is 4. The van der Waals surface area contributed by atoms with E-state index in [1.807, 2.05) is 44.2 Å². The van der Waals surface area contributed by atoms with Crippen molar-refractivity contribution < 1.29 is 9.21 Å². The molecule has 2 N–H and O–H groups in total. The minimum atomic E-state index is -0.113. The Hall–Kier alpha value is -2.23. The van der Waals surface area contributed by atoms with Crippen LogP contribution in [0.3, 0.4) is 0 Å². The van der Waals surface area contributed by atoms with Crippen LogP contribution in [-0.4, -0.2) is 13.0 Å². The van der Waals surface area contributed by atoms with Gasteiger partial charge in [-0.1, -0.05) is 6.07 Å². The van der Waals surface area contributed by atoms with E-state index in [0.29, 0.717) is 12.1 Å². The van der Waals surface area contributed by atoms with Crippen LogP contribution in [0.2, 0.25) is 0 Å². The van der Waals surface area contributed by atoms with Crippen LogP contribution in [0.5, 0.6) is 0 Å². The lowest BCUT2D eigenvalue weighted by atomic mass is 10.1. The van der Waals surface area contributed by atoms with Gasteiger partial charge in [0.15, 0.2) is 0 Å². The van der Waals surface area contributed by atoms with E-state index in [9.17, 15) is 4.79 Å². The second-order valence-electron chi connectivity index (χ2n) is 4.49. The van der Waals surface area contributed by atoms with E-state index in [0.717, 1.165) is 22.8 Å². The number of hydrogen-bond acceptors (Lipinski definition) is 3. The van der Waals surface area contributed by atoms with Gasteiger partial charge < -0.3 is 15.1 Å². The highest BCUT2D eigenvalue weighted by molar-refractivity contribution is 5.99. The summed E-state index contributed by atoms with van der Waals surface area (Å²) >= 11 is 0. The normalized spacial score (nSPS) is 10.3. The first-order chi connectivity index (χ1) is 9.10. The Labute approximate surface area is 112 Å². The van der Waals surface area contributed by atoms with Gasteiger partial charge in [-0.25, -0.2) is 0 Å². The standard InChI is InChI=1S/C15H18N2O2/c1-10-4-7-13(14(8-10)16-3)15(18)17-9-12-6-5-11(2)19-12/h4-8,16H,9H2,1-3H3,(H,17,18).